The van der Waals surface area contributed by atoms with Crippen LogP contribution in [0.2, 0.25) is 0 Å². The number of aromatic nitrogens is 1. The van der Waals surface area contributed by atoms with E-state index in [9.17, 15) is 26.7 Å². The molecular formula is C16H20ClF5N4O. The summed E-state index contributed by atoms with van der Waals surface area (Å²) in [5.74, 6) is -5.70. The lowest BCUT2D eigenvalue weighted by molar-refractivity contribution is -0.284. The number of hydrogen-bond acceptors (Lipinski definition) is 4. The van der Waals surface area contributed by atoms with Gasteiger partial charge in [0.15, 0.2) is 0 Å². The van der Waals surface area contributed by atoms with Gasteiger partial charge in [0, 0.05) is 32.6 Å². The molecule has 2 heterocycles. The molecule has 2 atom stereocenters. The minimum atomic E-state index is -5.68. The number of carbonyl (C=O) groups excluding carboxylic acids is 1. The Morgan fingerprint density at radius 1 is 1.37 bits per heavy atom. The van der Waals surface area contributed by atoms with Crippen molar-refractivity contribution in [2.24, 2.45) is 0 Å². The fraction of sp³-hybridized carbons (Fsp3) is 0.625. The summed E-state index contributed by atoms with van der Waals surface area (Å²) in [6.45, 7) is 2.03. The number of hydrazine groups is 1. The van der Waals surface area contributed by atoms with Crippen LogP contribution in [0.25, 0.3) is 0 Å². The molecule has 1 aromatic heterocycles. The predicted molar refractivity (Wildman–Crippen MR) is 90.4 cm³/mol. The number of anilines is 1. The van der Waals surface area contributed by atoms with Crippen molar-refractivity contribution in [3.8, 4) is 0 Å². The summed E-state index contributed by atoms with van der Waals surface area (Å²) in [6, 6.07) is 2.94. The topological polar surface area (TPSA) is 39.7 Å². The number of pyridine rings is 1. The summed E-state index contributed by atoms with van der Waals surface area (Å²) in [4.78, 5) is 17.6. The van der Waals surface area contributed by atoms with Crippen LogP contribution in [0.3, 0.4) is 0 Å². The predicted octanol–water partition coefficient (Wildman–Crippen LogP) is 3.51. The molecule has 2 unspecified atom stereocenters. The highest BCUT2D eigenvalue weighted by atomic mass is 35.5. The number of likely N-dealkylation sites (N-methyl/N-ethyl adjacent to an activating group) is 2. The Kier molecular flexibility index (Phi) is 6.51. The van der Waals surface area contributed by atoms with Gasteiger partial charge in [0.1, 0.15) is 5.50 Å². The molecule has 27 heavy (non-hydrogen) atoms. The summed E-state index contributed by atoms with van der Waals surface area (Å²) in [5, 5.41) is 3.44. The Morgan fingerprint density at radius 3 is 2.56 bits per heavy atom. The van der Waals surface area contributed by atoms with Crippen molar-refractivity contribution in [1.29, 1.82) is 0 Å². The Balaban J connectivity index is 2.09. The molecule has 1 fully saturated rings. The Morgan fingerprint density at radius 2 is 2.04 bits per heavy atom. The van der Waals surface area contributed by atoms with Gasteiger partial charge in [-0.05, 0) is 19.1 Å². The largest absolute Gasteiger partial charge is 0.453 e. The molecule has 152 valence electrons. The summed E-state index contributed by atoms with van der Waals surface area (Å²) in [7, 11) is 1.70. The fourth-order valence-electron chi connectivity index (χ4n) is 2.96. The van der Waals surface area contributed by atoms with E-state index in [1.165, 1.54) is 4.90 Å². The lowest BCUT2D eigenvalue weighted by Crippen LogP contribution is -2.47. The van der Waals surface area contributed by atoms with E-state index in [0.717, 1.165) is 5.69 Å². The maximum absolute atomic E-state index is 13.1. The molecule has 1 aromatic rings. The van der Waals surface area contributed by atoms with Crippen LogP contribution >= 0.6 is 11.6 Å². The second-order valence-corrected chi connectivity index (χ2v) is 6.64. The van der Waals surface area contributed by atoms with Gasteiger partial charge >= 0.3 is 12.1 Å². The van der Waals surface area contributed by atoms with Gasteiger partial charge in [0.05, 0.1) is 24.5 Å². The van der Waals surface area contributed by atoms with Crippen LogP contribution in [0.4, 0.5) is 27.6 Å². The van der Waals surface area contributed by atoms with Crippen molar-refractivity contribution in [3.05, 3.63) is 24.5 Å². The molecule has 1 amide bonds. The molecule has 0 radical (unpaired) electrons. The molecule has 5 nitrogen and oxygen atoms in total. The molecular weight excluding hydrogens is 395 g/mol. The normalized spacial score (nSPS) is 21.6. The van der Waals surface area contributed by atoms with Crippen molar-refractivity contribution >= 4 is 23.2 Å². The van der Waals surface area contributed by atoms with Crippen LogP contribution < -0.4 is 5.01 Å². The van der Waals surface area contributed by atoms with Crippen LogP contribution in [0.1, 0.15) is 19.8 Å². The lowest BCUT2D eigenvalue weighted by Gasteiger charge is -2.30. The number of hydrogen-bond donors (Lipinski definition) is 0. The van der Waals surface area contributed by atoms with Crippen LogP contribution in [-0.4, -0.2) is 64.6 Å². The van der Waals surface area contributed by atoms with Gasteiger partial charge in [-0.1, -0.05) is 0 Å². The lowest BCUT2D eigenvalue weighted by atomic mass is 10.1. The summed E-state index contributed by atoms with van der Waals surface area (Å²) >= 11 is 6.40. The third-order valence-electron chi connectivity index (χ3n) is 4.49. The van der Waals surface area contributed by atoms with Gasteiger partial charge < -0.3 is 9.91 Å². The molecule has 0 N–H and O–H groups in total. The first-order valence-electron chi connectivity index (χ1n) is 8.28. The highest BCUT2D eigenvalue weighted by Crippen LogP contribution is 2.39. The average molecular weight is 415 g/mol. The van der Waals surface area contributed by atoms with Gasteiger partial charge in [-0.3, -0.25) is 9.78 Å². The van der Waals surface area contributed by atoms with Gasteiger partial charge in [-0.25, -0.2) is 5.01 Å². The van der Waals surface area contributed by atoms with Gasteiger partial charge in [0.2, 0.25) is 5.91 Å². The molecule has 1 aliphatic rings. The minimum Gasteiger partial charge on any atom is -0.335 e. The van der Waals surface area contributed by atoms with Crippen molar-refractivity contribution in [1.82, 2.24) is 14.9 Å². The van der Waals surface area contributed by atoms with Crippen LogP contribution in [-0.2, 0) is 4.79 Å². The molecule has 0 bridgehead atoms. The van der Waals surface area contributed by atoms with E-state index in [4.69, 9.17) is 11.6 Å². The number of alkyl halides is 6. The maximum atomic E-state index is 13.1. The van der Waals surface area contributed by atoms with E-state index in [2.05, 4.69) is 4.98 Å². The van der Waals surface area contributed by atoms with Crippen molar-refractivity contribution in [3.63, 3.8) is 0 Å². The number of amides is 1. The Bertz CT molecular complexity index is 645. The van der Waals surface area contributed by atoms with Crippen molar-refractivity contribution in [2.75, 3.05) is 25.1 Å². The molecule has 2 rings (SSSR count). The Labute approximate surface area is 158 Å². The zero-order valence-electron chi connectivity index (χ0n) is 14.8. The highest BCUT2D eigenvalue weighted by molar-refractivity contribution is 6.21. The van der Waals surface area contributed by atoms with E-state index < -0.39 is 42.4 Å². The number of carbonyl (C=O) groups is 1. The molecule has 1 aliphatic heterocycles. The van der Waals surface area contributed by atoms with Crippen LogP contribution in [0.5, 0.6) is 0 Å². The minimum absolute atomic E-state index is 0.138. The summed E-state index contributed by atoms with van der Waals surface area (Å²) in [6.07, 6.45) is -4.99. The smallest absolute Gasteiger partial charge is 0.335 e. The molecule has 11 heteroatoms. The van der Waals surface area contributed by atoms with E-state index in [1.807, 2.05) is 0 Å². The number of halogens is 6. The second kappa shape index (κ2) is 8.14. The van der Waals surface area contributed by atoms with Crippen molar-refractivity contribution < 1.29 is 26.7 Å². The van der Waals surface area contributed by atoms with Crippen LogP contribution in [0, 0.1) is 0 Å². The zero-order valence-corrected chi connectivity index (χ0v) is 15.5. The standard InChI is InChI=1S/C16H20ClF5N4O/c1-3-25(13(27)6-7-15(18,19)16(20,21)22)12-10-26(24(2)14(12)17)11-5-4-8-23-9-11/h4-5,8-9,12,14H,3,6-7,10H2,1-2H3. The number of rotatable bonds is 6. The second-order valence-electron chi connectivity index (χ2n) is 6.19. The summed E-state index contributed by atoms with van der Waals surface area (Å²) in [5.41, 5.74) is 0.0532. The first kappa shape index (κ1) is 21.6. The van der Waals surface area contributed by atoms with Gasteiger partial charge in [-0.2, -0.15) is 22.0 Å². The molecule has 0 aliphatic carbocycles. The quantitative estimate of drug-likeness (QED) is 0.406. The zero-order chi connectivity index (χ0) is 20.4. The maximum Gasteiger partial charge on any atom is 0.453 e. The van der Waals surface area contributed by atoms with Gasteiger partial charge in [0.25, 0.3) is 0 Å². The van der Waals surface area contributed by atoms with Crippen molar-refractivity contribution in [2.45, 2.75) is 43.4 Å². The van der Waals surface area contributed by atoms with Gasteiger partial charge in [-0.15, -0.1) is 11.6 Å². The average Bonchev–Trinajstić information content (AvgIpc) is 2.89. The molecule has 0 aromatic carbocycles. The molecule has 1 saturated heterocycles. The van der Waals surface area contributed by atoms with E-state index in [1.54, 1.807) is 48.5 Å². The Hall–Kier alpha value is -1.68. The fourth-order valence-corrected chi connectivity index (χ4v) is 3.28. The molecule has 0 spiro atoms. The summed E-state index contributed by atoms with van der Waals surface area (Å²) < 4.78 is 63.1. The first-order chi connectivity index (χ1) is 12.5. The first-order valence-corrected chi connectivity index (χ1v) is 8.71. The van der Waals surface area contributed by atoms with E-state index in [-0.39, 0.29) is 13.1 Å². The third kappa shape index (κ3) is 4.60. The SMILES string of the molecule is CCN(C(=O)CCC(F)(F)C(F)(F)F)C1CN(c2cccnc2)N(C)C1Cl. The van der Waals surface area contributed by atoms with Crippen LogP contribution in [0.15, 0.2) is 24.5 Å². The van der Waals surface area contributed by atoms with E-state index >= 15 is 0 Å². The molecule has 0 saturated carbocycles. The highest BCUT2D eigenvalue weighted by Gasteiger charge is 2.57. The number of nitrogens with zero attached hydrogens (tertiary/aromatic N) is 4. The third-order valence-corrected chi connectivity index (χ3v) is 5.06. The van der Waals surface area contributed by atoms with E-state index in [0.29, 0.717) is 0 Å². The monoisotopic (exact) mass is 414 g/mol.